The Morgan fingerprint density at radius 3 is 2.59 bits per heavy atom. The Balaban J connectivity index is 1.75. The highest BCUT2D eigenvalue weighted by molar-refractivity contribution is 6.30. The molecule has 2 N–H and O–H groups in total. The molecule has 2 aromatic heterocycles. The molecule has 4 rings (SSSR count). The van der Waals surface area contributed by atoms with Crippen LogP contribution in [0.25, 0.3) is 11.0 Å². The van der Waals surface area contributed by atoms with Gasteiger partial charge < -0.3 is 19.6 Å². The van der Waals surface area contributed by atoms with E-state index in [1.807, 2.05) is 51.1 Å². The summed E-state index contributed by atoms with van der Waals surface area (Å²) in [6.45, 7) is 8.16. The number of aromatic nitrogens is 2. The fourth-order valence-electron chi connectivity index (χ4n) is 3.81. The molecule has 0 aliphatic carbocycles. The van der Waals surface area contributed by atoms with Gasteiger partial charge in [-0.25, -0.2) is 0 Å². The summed E-state index contributed by atoms with van der Waals surface area (Å²) in [7, 11) is 0. The summed E-state index contributed by atoms with van der Waals surface area (Å²) in [5, 5.41) is 7.65. The van der Waals surface area contributed by atoms with Gasteiger partial charge in [0, 0.05) is 34.8 Å². The lowest BCUT2D eigenvalue weighted by molar-refractivity contribution is 0.0940. The second-order valence-electron chi connectivity index (χ2n) is 8.51. The van der Waals surface area contributed by atoms with Crippen LogP contribution in [0.3, 0.4) is 0 Å². The van der Waals surface area contributed by atoms with Gasteiger partial charge in [0.25, 0.3) is 11.5 Å². The predicted molar refractivity (Wildman–Crippen MR) is 135 cm³/mol. The van der Waals surface area contributed by atoms with E-state index in [2.05, 4.69) is 22.5 Å². The van der Waals surface area contributed by atoms with Crippen LogP contribution in [0.15, 0.2) is 57.9 Å². The monoisotopic (exact) mass is 478 g/mol. The van der Waals surface area contributed by atoms with Crippen molar-refractivity contribution in [2.75, 3.05) is 5.32 Å². The van der Waals surface area contributed by atoms with Crippen molar-refractivity contribution in [3.8, 4) is 0 Å². The highest BCUT2D eigenvalue weighted by Gasteiger charge is 2.17. The molecule has 34 heavy (non-hydrogen) atoms. The summed E-state index contributed by atoms with van der Waals surface area (Å²) in [6, 6.07) is 13.0. The molecule has 0 atom stereocenters. The lowest BCUT2D eigenvalue weighted by Gasteiger charge is -2.16. The van der Waals surface area contributed by atoms with Gasteiger partial charge in [0.05, 0.1) is 6.54 Å². The van der Waals surface area contributed by atoms with Gasteiger partial charge in [-0.3, -0.25) is 9.59 Å². The molecule has 0 saturated carbocycles. The highest BCUT2D eigenvalue weighted by atomic mass is 35.5. The van der Waals surface area contributed by atoms with Crippen molar-refractivity contribution in [2.45, 2.75) is 46.7 Å². The first-order valence-corrected chi connectivity index (χ1v) is 11.6. The van der Waals surface area contributed by atoms with E-state index in [4.69, 9.17) is 16.0 Å². The average molecular weight is 479 g/mol. The molecule has 0 saturated heterocycles. The molecule has 0 bridgehead atoms. The molecule has 2 heterocycles. The van der Waals surface area contributed by atoms with Crippen molar-refractivity contribution in [1.82, 2.24) is 14.9 Å². The number of hydrogen-bond acceptors (Lipinski definition) is 5. The van der Waals surface area contributed by atoms with Gasteiger partial charge in [-0.1, -0.05) is 30.7 Å². The topological polar surface area (TPSA) is 89.2 Å². The number of nitrogens with one attached hydrogen (secondary N) is 2. The van der Waals surface area contributed by atoms with Crippen molar-refractivity contribution in [3.05, 3.63) is 86.5 Å². The number of fused-ring (bicyclic) bond motifs is 1. The van der Waals surface area contributed by atoms with Gasteiger partial charge >= 0.3 is 0 Å². The molecule has 0 aliphatic rings. The molecular weight excluding hydrogens is 452 g/mol. The van der Waals surface area contributed by atoms with E-state index in [1.165, 1.54) is 0 Å². The number of carbonyl (C=O) groups excluding carboxylic acids is 1. The Morgan fingerprint density at radius 2 is 1.91 bits per heavy atom. The summed E-state index contributed by atoms with van der Waals surface area (Å²) in [4.78, 5) is 29.6. The number of amides is 1. The first kappa shape index (κ1) is 23.6. The zero-order valence-electron chi connectivity index (χ0n) is 19.6. The molecule has 0 unspecified atom stereocenters. The van der Waals surface area contributed by atoms with Crippen LogP contribution in [0, 0.1) is 6.92 Å². The predicted octanol–water partition coefficient (Wildman–Crippen LogP) is 5.44. The normalized spacial score (nSPS) is 11.2. The minimum atomic E-state index is -0.596. The SMILES string of the molecule is CCc1oc2ccc(Nc3nc(=O)c(C(=O)NC(C)C)cn3Cc3ccc(Cl)cc3)cc2c1C. The molecule has 2 aromatic carbocycles. The molecule has 0 aliphatic heterocycles. The average Bonchev–Trinajstić information content (AvgIpc) is 3.11. The van der Waals surface area contributed by atoms with Gasteiger partial charge in [0.15, 0.2) is 0 Å². The van der Waals surface area contributed by atoms with E-state index in [0.29, 0.717) is 17.5 Å². The Labute approximate surface area is 202 Å². The molecule has 0 fully saturated rings. The second-order valence-corrected chi connectivity index (χ2v) is 8.94. The summed E-state index contributed by atoms with van der Waals surface area (Å²) in [5.41, 5.74) is 3.00. The Bertz CT molecular complexity index is 1400. The Kier molecular flexibility index (Phi) is 6.75. The maximum atomic E-state index is 12.8. The zero-order chi connectivity index (χ0) is 24.4. The van der Waals surface area contributed by atoms with Gasteiger partial charge in [0.2, 0.25) is 5.95 Å². The number of rotatable bonds is 7. The van der Waals surface area contributed by atoms with E-state index < -0.39 is 11.5 Å². The first-order valence-electron chi connectivity index (χ1n) is 11.2. The van der Waals surface area contributed by atoms with Crippen molar-refractivity contribution in [1.29, 1.82) is 0 Å². The number of carbonyl (C=O) groups is 1. The van der Waals surface area contributed by atoms with E-state index in [9.17, 15) is 9.59 Å². The van der Waals surface area contributed by atoms with Gasteiger partial charge in [0.1, 0.15) is 16.9 Å². The molecule has 1 amide bonds. The molecule has 8 heteroatoms. The maximum absolute atomic E-state index is 12.8. The van der Waals surface area contributed by atoms with E-state index >= 15 is 0 Å². The van der Waals surface area contributed by atoms with Crippen LogP contribution in [-0.4, -0.2) is 21.5 Å². The number of furan rings is 1. The van der Waals surface area contributed by atoms with Crippen LogP contribution in [0.4, 0.5) is 11.6 Å². The number of aryl methyl sites for hydroxylation is 2. The van der Waals surface area contributed by atoms with Crippen LogP contribution in [0.5, 0.6) is 0 Å². The Hall–Kier alpha value is -3.58. The number of benzene rings is 2. The third-order valence-electron chi connectivity index (χ3n) is 5.54. The fraction of sp³-hybridized carbons (Fsp3) is 0.269. The number of halogens is 1. The van der Waals surface area contributed by atoms with E-state index in [-0.39, 0.29) is 11.6 Å². The summed E-state index contributed by atoms with van der Waals surface area (Å²) >= 11 is 6.03. The second kappa shape index (κ2) is 9.73. The fourth-order valence-corrected chi connectivity index (χ4v) is 3.94. The summed E-state index contributed by atoms with van der Waals surface area (Å²) in [5.74, 6) is 0.828. The molecule has 0 spiro atoms. The number of anilines is 2. The van der Waals surface area contributed by atoms with Crippen molar-refractivity contribution in [2.24, 2.45) is 0 Å². The third-order valence-corrected chi connectivity index (χ3v) is 5.79. The highest BCUT2D eigenvalue weighted by Crippen LogP contribution is 2.29. The standard InChI is InChI=1S/C26H27ClN4O3/c1-5-22-16(4)20-12-19(10-11-23(20)34-22)29-26-30-25(33)21(24(32)28-15(2)3)14-31(26)13-17-6-8-18(27)9-7-17/h6-12,14-15H,5,13H2,1-4H3,(H,28,32)(H,29,30,33). The largest absolute Gasteiger partial charge is 0.461 e. The van der Waals surface area contributed by atoms with Crippen molar-refractivity contribution < 1.29 is 9.21 Å². The van der Waals surface area contributed by atoms with Crippen molar-refractivity contribution >= 4 is 40.1 Å². The smallest absolute Gasteiger partial charge is 0.287 e. The van der Waals surface area contributed by atoms with Crippen LogP contribution in [-0.2, 0) is 13.0 Å². The van der Waals surface area contributed by atoms with Gasteiger partial charge in [-0.2, -0.15) is 4.98 Å². The van der Waals surface area contributed by atoms with Gasteiger partial charge in [-0.05, 0) is 62.2 Å². The van der Waals surface area contributed by atoms with Gasteiger partial charge in [-0.15, -0.1) is 0 Å². The van der Waals surface area contributed by atoms with Crippen molar-refractivity contribution in [3.63, 3.8) is 0 Å². The van der Waals surface area contributed by atoms with E-state index in [0.717, 1.165) is 40.0 Å². The zero-order valence-corrected chi connectivity index (χ0v) is 20.4. The summed E-state index contributed by atoms with van der Waals surface area (Å²) in [6.07, 6.45) is 2.35. The first-order chi connectivity index (χ1) is 16.2. The number of hydrogen-bond donors (Lipinski definition) is 2. The van der Waals surface area contributed by atoms with Crippen LogP contribution < -0.4 is 16.2 Å². The van der Waals surface area contributed by atoms with E-state index in [1.54, 1.807) is 22.9 Å². The lowest BCUT2D eigenvalue weighted by atomic mass is 10.1. The summed E-state index contributed by atoms with van der Waals surface area (Å²) < 4.78 is 7.66. The minimum Gasteiger partial charge on any atom is -0.461 e. The Morgan fingerprint density at radius 1 is 1.18 bits per heavy atom. The molecule has 0 radical (unpaired) electrons. The maximum Gasteiger partial charge on any atom is 0.287 e. The molecule has 176 valence electrons. The molecule has 7 nitrogen and oxygen atoms in total. The quantitative estimate of drug-likeness (QED) is 0.369. The van der Waals surface area contributed by atoms with Crippen LogP contribution in [0.1, 0.15) is 48.0 Å². The van der Waals surface area contributed by atoms with Crippen LogP contribution in [0.2, 0.25) is 5.02 Å². The minimum absolute atomic E-state index is 0.0121. The van der Waals surface area contributed by atoms with Crippen LogP contribution >= 0.6 is 11.6 Å². The molecule has 4 aromatic rings. The number of nitrogens with zero attached hydrogens (tertiary/aromatic N) is 2. The molecular formula is C26H27ClN4O3. The lowest BCUT2D eigenvalue weighted by Crippen LogP contribution is -2.35. The third kappa shape index (κ3) is 4.99.